The van der Waals surface area contributed by atoms with E-state index in [-0.39, 0.29) is 30.2 Å². The van der Waals surface area contributed by atoms with E-state index in [2.05, 4.69) is 42.1 Å². The maximum Gasteiger partial charge on any atom is 0.333 e. The summed E-state index contributed by atoms with van der Waals surface area (Å²) in [5, 5.41) is 4.17. The van der Waals surface area contributed by atoms with E-state index in [1.807, 2.05) is 53.8 Å². The lowest BCUT2D eigenvalue weighted by Crippen LogP contribution is -2.56. The van der Waals surface area contributed by atoms with Crippen molar-refractivity contribution >= 4 is 28.7 Å². The van der Waals surface area contributed by atoms with E-state index in [1.165, 1.54) is 7.11 Å². The van der Waals surface area contributed by atoms with E-state index in [4.69, 9.17) is 4.74 Å². The summed E-state index contributed by atoms with van der Waals surface area (Å²) >= 11 is 0. The Balaban J connectivity index is 2.30. The van der Waals surface area contributed by atoms with Crippen LogP contribution in [0, 0.1) is 11.3 Å². The summed E-state index contributed by atoms with van der Waals surface area (Å²) in [7, 11) is 5.07. The van der Waals surface area contributed by atoms with Crippen LogP contribution in [0.5, 0.6) is 0 Å². The number of aryl methyl sites for hydroxylation is 1. The van der Waals surface area contributed by atoms with E-state index in [1.54, 1.807) is 24.9 Å². The summed E-state index contributed by atoms with van der Waals surface area (Å²) in [6.45, 7) is 15.6. The molecule has 2 aromatic rings. The number of para-hydroxylation sites is 1. The summed E-state index contributed by atoms with van der Waals surface area (Å²) in [5.74, 6) is -0.753. The number of amides is 2. The van der Waals surface area contributed by atoms with E-state index >= 15 is 0 Å². The molecule has 1 N–H and O–H groups in total. The van der Waals surface area contributed by atoms with Gasteiger partial charge in [-0.05, 0) is 29.9 Å². The zero-order chi connectivity index (χ0) is 28.3. The molecule has 0 unspecified atom stereocenters. The first-order valence-corrected chi connectivity index (χ1v) is 12.9. The lowest BCUT2D eigenvalue weighted by Gasteiger charge is -2.38. The Labute approximate surface area is 222 Å². The minimum Gasteiger partial charge on any atom is -0.466 e. The normalized spacial score (nSPS) is 14.4. The Morgan fingerprint density at radius 3 is 2.24 bits per heavy atom. The van der Waals surface area contributed by atoms with Crippen LogP contribution in [0.25, 0.3) is 10.9 Å². The van der Waals surface area contributed by atoms with Crippen molar-refractivity contribution in [2.24, 2.45) is 18.4 Å². The van der Waals surface area contributed by atoms with Gasteiger partial charge in [-0.3, -0.25) is 9.59 Å². The van der Waals surface area contributed by atoms with Gasteiger partial charge in [0.25, 0.3) is 0 Å². The Morgan fingerprint density at radius 1 is 1.11 bits per heavy atom. The maximum atomic E-state index is 13.8. The average Bonchev–Trinajstić information content (AvgIpc) is 3.15. The molecule has 7 nitrogen and oxygen atoms in total. The lowest BCUT2D eigenvalue weighted by molar-refractivity contribution is -0.140. The zero-order valence-electron chi connectivity index (χ0n) is 24.4. The summed E-state index contributed by atoms with van der Waals surface area (Å²) in [6.07, 6.45) is 4.08. The molecule has 0 bridgehead atoms. The van der Waals surface area contributed by atoms with E-state index < -0.39 is 22.8 Å². The van der Waals surface area contributed by atoms with Crippen molar-refractivity contribution in [1.82, 2.24) is 14.8 Å². The number of aromatic nitrogens is 1. The van der Waals surface area contributed by atoms with Crippen molar-refractivity contribution < 1.29 is 19.1 Å². The minimum atomic E-state index is -0.735. The molecule has 2 atom stereocenters. The van der Waals surface area contributed by atoms with Crippen LogP contribution in [-0.2, 0) is 31.6 Å². The van der Waals surface area contributed by atoms with Crippen LogP contribution < -0.4 is 5.32 Å². The molecule has 0 radical (unpaired) electrons. The molecule has 0 fully saturated rings. The number of nitrogens with one attached hydrogen (secondary N) is 1. The lowest BCUT2D eigenvalue weighted by atomic mass is 9.80. The smallest absolute Gasteiger partial charge is 0.333 e. The van der Waals surface area contributed by atoms with Crippen LogP contribution in [0.15, 0.2) is 42.1 Å². The average molecular weight is 512 g/mol. The Hall–Kier alpha value is -3.09. The van der Waals surface area contributed by atoms with Gasteiger partial charge >= 0.3 is 5.97 Å². The Kier molecular flexibility index (Phi) is 9.39. The standard InChI is InChI=1S/C30H45N3O4/c1-19(2)24(16-20(3)28(36)37-11)33(10)27(35)26(29(4,5)6)31-25(34)17-30(7,8)22-18-32(9)23-15-13-12-14-21(22)23/h12-16,18-19,24,26H,17H2,1-11H3,(H,31,34)/t24-,26-/m1/s1. The number of hydrogen-bond donors (Lipinski definition) is 1. The van der Waals surface area contributed by atoms with Crippen LogP contribution in [-0.4, -0.2) is 53.5 Å². The SMILES string of the molecule is COC(=O)C(C)=C[C@H](C(C)C)N(C)C(=O)[C@@H](NC(=O)CC(C)(C)c1cn(C)c2ccccc12)C(C)(C)C. The van der Waals surface area contributed by atoms with Gasteiger partial charge in [-0.2, -0.15) is 0 Å². The van der Waals surface area contributed by atoms with Crippen molar-refractivity contribution in [3.8, 4) is 0 Å². The highest BCUT2D eigenvalue weighted by molar-refractivity contribution is 5.91. The molecule has 0 aliphatic rings. The van der Waals surface area contributed by atoms with Gasteiger partial charge in [0.1, 0.15) is 6.04 Å². The highest BCUT2D eigenvalue weighted by Gasteiger charge is 2.38. The van der Waals surface area contributed by atoms with Gasteiger partial charge in [0.05, 0.1) is 13.2 Å². The molecule has 1 aromatic carbocycles. The van der Waals surface area contributed by atoms with Gasteiger partial charge in [0.2, 0.25) is 11.8 Å². The van der Waals surface area contributed by atoms with Crippen LogP contribution >= 0.6 is 0 Å². The highest BCUT2D eigenvalue weighted by Crippen LogP contribution is 2.34. The molecular weight excluding hydrogens is 466 g/mol. The molecular formula is C30H45N3O4. The first-order valence-electron chi connectivity index (χ1n) is 12.9. The third-order valence-corrected chi connectivity index (χ3v) is 7.05. The number of benzene rings is 1. The monoisotopic (exact) mass is 511 g/mol. The second-order valence-corrected chi connectivity index (χ2v) is 12.1. The molecule has 7 heteroatoms. The Morgan fingerprint density at radius 2 is 1.70 bits per heavy atom. The summed E-state index contributed by atoms with van der Waals surface area (Å²) < 4.78 is 6.91. The molecule has 0 spiro atoms. The molecule has 1 aromatic heterocycles. The molecule has 2 rings (SSSR count). The van der Waals surface area contributed by atoms with Crippen molar-refractivity contribution in [3.05, 3.63) is 47.7 Å². The maximum absolute atomic E-state index is 13.8. The van der Waals surface area contributed by atoms with Gasteiger partial charge in [-0.1, -0.05) is 72.7 Å². The molecule has 0 aliphatic heterocycles. The van der Waals surface area contributed by atoms with Gasteiger partial charge in [-0.25, -0.2) is 4.79 Å². The second kappa shape index (κ2) is 11.5. The molecule has 2 amide bonds. The topological polar surface area (TPSA) is 80.6 Å². The summed E-state index contributed by atoms with van der Waals surface area (Å²) in [4.78, 5) is 40.8. The fraction of sp³-hybridized carbons (Fsp3) is 0.567. The number of fused-ring (bicyclic) bond motifs is 1. The van der Waals surface area contributed by atoms with Crippen LogP contribution in [0.1, 0.15) is 67.4 Å². The fourth-order valence-electron chi connectivity index (χ4n) is 4.83. The summed E-state index contributed by atoms with van der Waals surface area (Å²) in [5.41, 5.74) is 1.69. The highest BCUT2D eigenvalue weighted by atomic mass is 16.5. The molecule has 0 aliphatic carbocycles. The molecule has 0 saturated heterocycles. The predicted molar refractivity (Wildman–Crippen MR) is 149 cm³/mol. The molecule has 0 saturated carbocycles. The molecule has 1 heterocycles. The fourth-order valence-corrected chi connectivity index (χ4v) is 4.83. The second-order valence-electron chi connectivity index (χ2n) is 12.1. The largest absolute Gasteiger partial charge is 0.466 e. The number of ether oxygens (including phenoxy) is 1. The third-order valence-electron chi connectivity index (χ3n) is 7.05. The number of likely N-dealkylation sites (N-methyl/N-ethyl adjacent to an activating group) is 1. The van der Waals surface area contributed by atoms with Crippen LogP contribution in [0.3, 0.4) is 0 Å². The number of carbonyl (C=O) groups is 3. The summed E-state index contributed by atoms with van der Waals surface area (Å²) in [6, 6.07) is 7.10. The number of carbonyl (C=O) groups excluding carboxylic acids is 3. The Bertz CT molecular complexity index is 1170. The van der Waals surface area contributed by atoms with Crippen LogP contribution in [0.2, 0.25) is 0 Å². The number of nitrogens with zero attached hydrogens (tertiary/aromatic N) is 2. The van der Waals surface area contributed by atoms with Crippen LogP contribution in [0.4, 0.5) is 0 Å². The third kappa shape index (κ3) is 7.02. The number of hydrogen-bond acceptors (Lipinski definition) is 4. The molecule has 37 heavy (non-hydrogen) atoms. The minimum absolute atomic E-state index is 0.0511. The number of esters is 1. The van der Waals surface area contributed by atoms with Crippen molar-refractivity contribution in [1.29, 1.82) is 0 Å². The zero-order valence-corrected chi connectivity index (χ0v) is 24.4. The van der Waals surface area contributed by atoms with Crippen molar-refractivity contribution in [2.75, 3.05) is 14.2 Å². The van der Waals surface area contributed by atoms with E-state index in [9.17, 15) is 14.4 Å². The number of rotatable bonds is 9. The predicted octanol–water partition coefficient (Wildman–Crippen LogP) is 4.98. The van der Waals surface area contributed by atoms with E-state index in [0.29, 0.717) is 5.57 Å². The first-order chi connectivity index (χ1) is 17.0. The molecule has 204 valence electrons. The van der Waals surface area contributed by atoms with Gasteiger partial charge in [0, 0.05) is 48.6 Å². The number of methoxy groups -OCH3 is 1. The quantitative estimate of drug-likeness (QED) is 0.380. The van der Waals surface area contributed by atoms with Crippen molar-refractivity contribution in [2.45, 2.75) is 79.3 Å². The van der Waals surface area contributed by atoms with Gasteiger partial charge in [0.15, 0.2) is 0 Å². The van der Waals surface area contributed by atoms with Gasteiger partial charge in [-0.15, -0.1) is 0 Å². The van der Waals surface area contributed by atoms with Gasteiger partial charge < -0.3 is 19.5 Å². The first kappa shape index (κ1) is 30.1. The van der Waals surface area contributed by atoms with Crippen molar-refractivity contribution in [3.63, 3.8) is 0 Å². The van der Waals surface area contributed by atoms with E-state index in [0.717, 1.165) is 16.5 Å².